The molecule has 0 bridgehead atoms. The first-order chi connectivity index (χ1) is 18.0. The first-order valence-corrected chi connectivity index (χ1v) is 13.3. The van der Waals surface area contributed by atoms with Gasteiger partial charge in [0.25, 0.3) is 0 Å². The molecule has 1 aliphatic rings. The minimum Gasteiger partial charge on any atom is -0.493 e. The van der Waals surface area contributed by atoms with E-state index in [1.54, 1.807) is 40.2 Å². The number of thioether (sulfide) groups is 1. The Kier molecular flexibility index (Phi) is 9.18. The Balaban J connectivity index is 1.43. The number of methoxy groups -OCH3 is 4. The van der Waals surface area contributed by atoms with Crippen molar-refractivity contribution in [1.82, 2.24) is 0 Å². The Bertz CT molecular complexity index is 1180. The van der Waals surface area contributed by atoms with Crippen LogP contribution in [0.4, 0.5) is 5.69 Å². The lowest BCUT2D eigenvalue weighted by atomic mass is 10.0. The van der Waals surface area contributed by atoms with Crippen LogP contribution in [0.3, 0.4) is 0 Å². The summed E-state index contributed by atoms with van der Waals surface area (Å²) in [6.45, 7) is 0.482. The average Bonchev–Trinajstić information content (AvgIpc) is 3.42. The smallest absolute Gasteiger partial charge is 0.203 e. The van der Waals surface area contributed by atoms with Crippen LogP contribution < -0.4 is 29.4 Å². The Morgan fingerprint density at radius 3 is 1.89 bits per heavy atom. The molecule has 1 fully saturated rings. The summed E-state index contributed by atoms with van der Waals surface area (Å²) in [5, 5.41) is 0.721. The second-order valence-electron chi connectivity index (χ2n) is 8.44. The van der Waals surface area contributed by atoms with E-state index >= 15 is 0 Å². The van der Waals surface area contributed by atoms with Crippen molar-refractivity contribution in [2.24, 2.45) is 0 Å². The van der Waals surface area contributed by atoms with Crippen LogP contribution in [0.2, 0.25) is 5.02 Å². The van der Waals surface area contributed by atoms with E-state index in [0.717, 1.165) is 39.6 Å². The van der Waals surface area contributed by atoms with Crippen LogP contribution in [-0.2, 0) is 4.74 Å². The minimum atomic E-state index is -0.130. The molecular formula is C28H32ClNO6S. The molecule has 0 saturated carbocycles. The standard InChI is InChI=1S/C28H32ClNO6S/c1-31-24-14-17(13-21(30)27(24)35-11-12-37-20-7-5-19(29)6-8-20)22-9-10-23(36-22)18-15-25(32-2)28(34-4)26(16-18)33-3/h5-8,13-16,22-23H,9-12,30H2,1-4H3/t22-,23-/m0/s1. The van der Waals surface area contributed by atoms with E-state index in [2.05, 4.69) is 0 Å². The van der Waals surface area contributed by atoms with Crippen LogP contribution in [0.25, 0.3) is 0 Å². The topological polar surface area (TPSA) is 81.4 Å². The van der Waals surface area contributed by atoms with E-state index in [1.807, 2.05) is 48.5 Å². The summed E-state index contributed by atoms with van der Waals surface area (Å²) in [7, 11) is 6.41. The van der Waals surface area contributed by atoms with Gasteiger partial charge in [-0.15, -0.1) is 11.8 Å². The molecule has 1 aliphatic heterocycles. The number of benzene rings is 3. The second kappa shape index (κ2) is 12.5. The quantitative estimate of drug-likeness (QED) is 0.161. The van der Waals surface area contributed by atoms with Crippen molar-refractivity contribution in [3.8, 4) is 28.7 Å². The average molecular weight is 546 g/mol. The van der Waals surface area contributed by atoms with Crippen molar-refractivity contribution in [2.75, 3.05) is 46.5 Å². The number of hydrogen-bond acceptors (Lipinski definition) is 8. The van der Waals surface area contributed by atoms with Crippen LogP contribution in [0.1, 0.15) is 36.2 Å². The molecule has 1 saturated heterocycles. The van der Waals surface area contributed by atoms with Gasteiger partial charge in [-0.1, -0.05) is 11.6 Å². The molecule has 4 rings (SSSR count). The van der Waals surface area contributed by atoms with Crippen molar-refractivity contribution in [3.63, 3.8) is 0 Å². The number of halogens is 1. The largest absolute Gasteiger partial charge is 0.493 e. The summed E-state index contributed by atoms with van der Waals surface area (Å²) in [6.07, 6.45) is 1.43. The third-order valence-electron chi connectivity index (χ3n) is 6.19. The molecule has 3 aromatic carbocycles. The molecule has 0 aromatic heterocycles. The van der Waals surface area contributed by atoms with Gasteiger partial charge in [-0.05, 0) is 72.5 Å². The molecule has 9 heteroatoms. The van der Waals surface area contributed by atoms with Gasteiger partial charge in [0.2, 0.25) is 5.75 Å². The predicted octanol–water partition coefficient (Wildman–Crippen LogP) is 6.72. The van der Waals surface area contributed by atoms with Gasteiger partial charge < -0.3 is 34.2 Å². The molecule has 198 valence electrons. The van der Waals surface area contributed by atoms with Crippen molar-refractivity contribution in [3.05, 3.63) is 64.7 Å². The zero-order chi connectivity index (χ0) is 26.4. The number of nitrogens with two attached hydrogens (primary N) is 1. The highest BCUT2D eigenvalue weighted by atomic mass is 35.5. The maximum Gasteiger partial charge on any atom is 0.203 e. The lowest BCUT2D eigenvalue weighted by Crippen LogP contribution is -2.07. The van der Waals surface area contributed by atoms with Gasteiger partial charge in [-0.2, -0.15) is 0 Å². The molecule has 2 N–H and O–H groups in total. The zero-order valence-corrected chi connectivity index (χ0v) is 23.0. The fraction of sp³-hybridized carbons (Fsp3) is 0.357. The minimum absolute atomic E-state index is 0.119. The number of hydrogen-bond donors (Lipinski definition) is 1. The van der Waals surface area contributed by atoms with E-state index in [9.17, 15) is 0 Å². The van der Waals surface area contributed by atoms with Crippen LogP contribution in [-0.4, -0.2) is 40.8 Å². The SMILES string of the molecule is COc1cc([C@@H]2CC[C@@H](c3cc(OC)c(OC)c(OC)c3)O2)cc(N)c1OCCSc1ccc(Cl)cc1. The fourth-order valence-corrected chi connectivity index (χ4v) is 5.24. The molecule has 1 heterocycles. The molecule has 0 spiro atoms. The molecule has 0 amide bonds. The molecule has 0 radical (unpaired) electrons. The first kappa shape index (κ1) is 27.1. The van der Waals surface area contributed by atoms with Crippen molar-refractivity contribution in [2.45, 2.75) is 29.9 Å². The number of anilines is 1. The summed E-state index contributed by atoms with van der Waals surface area (Å²) >= 11 is 7.64. The van der Waals surface area contributed by atoms with Crippen LogP contribution >= 0.6 is 23.4 Å². The van der Waals surface area contributed by atoms with Gasteiger partial charge in [-0.3, -0.25) is 0 Å². The zero-order valence-electron chi connectivity index (χ0n) is 21.4. The van der Waals surface area contributed by atoms with Gasteiger partial charge in [0.05, 0.1) is 52.9 Å². The third-order valence-corrected chi connectivity index (χ3v) is 7.42. The lowest BCUT2D eigenvalue weighted by Gasteiger charge is -2.20. The monoisotopic (exact) mass is 545 g/mol. The predicted molar refractivity (Wildman–Crippen MR) is 147 cm³/mol. The first-order valence-electron chi connectivity index (χ1n) is 11.9. The van der Waals surface area contributed by atoms with Crippen LogP contribution in [0, 0.1) is 0 Å². The Hall–Kier alpha value is -2.94. The Labute approximate surface area is 227 Å². The highest BCUT2D eigenvalue weighted by Gasteiger charge is 2.30. The van der Waals surface area contributed by atoms with Crippen LogP contribution in [0.5, 0.6) is 28.7 Å². The Morgan fingerprint density at radius 1 is 0.811 bits per heavy atom. The maximum absolute atomic E-state index is 6.44. The Morgan fingerprint density at radius 2 is 1.35 bits per heavy atom. The highest BCUT2D eigenvalue weighted by molar-refractivity contribution is 7.99. The van der Waals surface area contributed by atoms with Gasteiger partial charge in [0.15, 0.2) is 23.0 Å². The second-order valence-corrected chi connectivity index (χ2v) is 10.0. The van der Waals surface area contributed by atoms with Gasteiger partial charge in [-0.25, -0.2) is 0 Å². The van der Waals surface area contributed by atoms with Gasteiger partial charge in [0.1, 0.15) is 0 Å². The van der Waals surface area contributed by atoms with E-state index in [1.165, 1.54) is 0 Å². The normalized spacial score (nSPS) is 16.9. The van der Waals surface area contributed by atoms with Crippen molar-refractivity contribution < 1.29 is 28.4 Å². The fourth-order valence-electron chi connectivity index (χ4n) is 4.39. The molecule has 37 heavy (non-hydrogen) atoms. The summed E-state index contributed by atoms with van der Waals surface area (Å²) in [5.74, 6) is 3.65. The van der Waals surface area contributed by atoms with Crippen molar-refractivity contribution in [1.29, 1.82) is 0 Å². The van der Waals surface area contributed by atoms with E-state index in [-0.39, 0.29) is 12.2 Å². The maximum atomic E-state index is 6.44. The molecule has 0 unspecified atom stereocenters. The summed E-state index contributed by atoms with van der Waals surface area (Å²) < 4.78 is 34.5. The van der Waals surface area contributed by atoms with Gasteiger partial charge in [0, 0.05) is 15.7 Å². The molecule has 3 aromatic rings. The highest BCUT2D eigenvalue weighted by Crippen LogP contribution is 2.47. The van der Waals surface area contributed by atoms with E-state index in [0.29, 0.717) is 41.0 Å². The summed E-state index contributed by atoms with van der Waals surface area (Å²) in [4.78, 5) is 1.13. The third kappa shape index (κ3) is 6.32. The summed E-state index contributed by atoms with van der Waals surface area (Å²) in [5.41, 5.74) is 8.84. The number of ether oxygens (including phenoxy) is 6. The van der Waals surface area contributed by atoms with Crippen molar-refractivity contribution >= 4 is 29.1 Å². The molecular weight excluding hydrogens is 514 g/mol. The van der Waals surface area contributed by atoms with Gasteiger partial charge >= 0.3 is 0 Å². The van der Waals surface area contributed by atoms with Crippen LogP contribution in [0.15, 0.2) is 53.4 Å². The van der Waals surface area contributed by atoms with E-state index in [4.69, 9.17) is 45.8 Å². The summed E-state index contributed by atoms with van der Waals surface area (Å²) in [6, 6.07) is 15.5. The molecule has 2 atom stereocenters. The number of rotatable bonds is 11. The van der Waals surface area contributed by atoms with E-state index < -0.39 is 0 Å². The molecule has 7 nitrogen and oxygen atoms in total. The number of nitrogen functional groups attached to an aromatic ring is 1. The molecule has 0 aliphatic carbocycles. The lowest BCUT2D eigenvalue weighted by molar-refractivity contribution is 0.0437.